The van der Waals surface area contributed by atoms with Gasteiger partial charge in [-0.15, -0.1) is 11.3 Å². The Hall–Kier alpha value is -0.650. The second-order valence-electron chi connectivity index (χ2n) is 5.69. The molecule has 4 nitrogen and oxygen atoms in total. The number of aromatic nitrogens is 1. The molecule has 108 valence electrons. The van der Waals surface area contributed by atoms with E-state index in [1.807, 2.05) is 7.05 Å². The van der Waals surface area contributed by atoms with E-state index in [9.17, 15) is 0 Å². The van der Waals surface area contributed by atoms with Crippen LogP contribution in [0.3, 0.4) is 0 Å². The van der Waals surface area contributed by atoms with Crippen LogP contribution in [0.15, 0.2) is 5.38 Å². The van der Waals surface area contributed by atoms with Crippen LogP contribution in [0.25, 0.3) is 0 Å². The van der Waals surface area contributed by atoms with Gasteiger partial charge in [-0.3, -0.25) is 0 Å². The highest BCUT2D eigenvalue weighted by Crippen LogP contribution is 2.25. The maximum atomic E-state index is 4.73. The fraction of sp³-hybridized carbons (Fsp3) is 0.786. The van der Waals surface area contributed by atoms with Gasteiger partial charge in [0.05, 0.1) is 5.69 Å². The fourth-order valence-corrected chi connectivity index (χ4v) is 3.40. The van der Waals surface area contributed by atoms with E-state index in [0.717, 1.165) is 23.3 Å². The van der Waals surface area contributed by atoms with E-state index in [4.69, 9.17) is 4.98 Å². The molecule has 0 spiro atoms. The molecule has 1 aromatic rings. The SMILES string of the molecule is CNC(C)c1csc(N(C)CC2CCN(C)CC2)n1. The minimum atomic E-state index is 0.335. The summed E-state index contributed by atoms with van der Waals surface area (Å²) >= 11 is 1.75. The Morgan fingerprint density at radius 3 is 2.84 bits per heavy atom. The lowest BCUT2D eigenvalue weighted by Crippen LogP contribution is -2.35. The van der Waals surface area contributed by atoms with E-state index >= 15 is 0 Å². The summed E-state index contributed by atoms with van der Waals surface area (Å²) in [6.07, 6.45) is 2.62. The van der Waals surface area contributed by atoms with Crippen molar-refractivity contribution in [1.82, 2.24) is 15.2 Å². The number of hydrogen-bond donors (Lipinski definition) is 1. The Morgan fingerprint density at radius 1 is 1.53 bits per heavy atom. The van der Waals surface area contributed by atoms with Crippen LogP contribution in [0.5, 0.6) is 0 Å². The largest absolute Gasteiger partial charge is 0.351 e. The van der Waals surface area contributed by atoms with Crippen LogP contribution in [0.4, 0.5) is 5.13 Å². The van der Waals surface area contributed by atoms with Crippen molar-refractivity contribution in [2.45, 2.75) is 25.8 Å². The normalized spacial score (nSPS) is 19.6. The number of likely N-dealkylation sites (tertiary alicyclic amines) is 1. The number of thiazole rings is 1. The van der Waals surface area contributed by atoms with Crippen LogP contribution in [0, 0.1) is 5.92 Å². The molecule has 2 heterocycles. The fourth-order valence-electron chi connectivity index (χ4n) is 2.51. The lowest BCUT2D eigenvalue weighted by molar-refractivity contribution is 0.222. The lowest BCUT2D eigenvalue weighted by atomic mass is 9.97. The predicted octanol–water partition coefficient (Wildman–Crippen LogP) is 2.20. The van der Waals surface area contributed by atoms with Crippen molar-refractivity contribution in [3.8, 4) is 0 Å². The summed E-state index contributed by atoms with van der Waals surface area (Å²) in [6, 6.07) is 0.335. The number of anilines is 1. The van der Waals surface area contributed by atoms with Crippen LogP contribution in [-0.4, -0.2) is 50.7 Å². The first kappa shape index (κ1) is 14.8. The van der Waals surface area contributed by atoms with Crippen molar-refractivity contribution in [1.29, 1.82) is 0 Å². The third-order valence-electron chi connectivity index (χ3n) is 4.08. The minimum absolute atomic E-state index is 0.335. The molecule has 0 radical (unpaired) electrons. The predicted molar refractivity (Wildman–Crippen MR) is 83.1 cm³/mol. The number of piperidine rings is 1. The molecular weight excluding hydrogens is 256 g/mol. The molecule has 1 aliphatic rings. The maximum Gasteiger partial charge on any atom is 0.185 e. The molecule has 1 N–H and O–H groups in total. The van der Waals surface area contributed by atoms with E-state index < -0.39 is 0 Å². The molecule has 1 atom stereocenters. The molecular formula is C14H26N4S. The molecule has 1 aromatic heterocycles. The van der Waals surface area contributed by atoms with Gasteiger partial charge in [-0.05, 0) is 52.9 Å². The summed E-state index contributed by atoms with van der Waals surface area (Å²) in [7, 11) is 6.36. The van der Waals surface area contributed by atoms with Gasteiger partial charge in [-0.25, -0.2) is 4.98 Å². The molecule has 0 aliphatic carbocycles. The summed E-state index contributed by atoms with van der Waals surface area (Å²) in [5.41, 5.74) is 1.15. The van der Waals surface area contributed by atoms with E-state index in [1.165, 1.54) is 25.9 Å². The molecule has 0 bridgehead atoms. The highest BCUT2D eigenvalue weighted by atomic mass is 32.1. The van der Waals surface area contributed by atoms with Gasteiger partial charge in [0, 0.05) is 25.0 Å². The molecule has 1 unspecified atom stereocenters. The van der Waals surface area contributed by atoms with Crippen LogP contribution < -0.4 is 10.2 Å². The van der Waals surface area contributed by atoms with Crippen molar-refractivity contribution < 1.29 is 0 Å². The highest BCUT2D eigenvalue weighted by molar-refractivity contribution is 7.13. The second kappa shape index (κ2) is 6.68. The van der Waals surface area contributed by atoms with Gasteiger partial charge in [-0.1, -0.05) is 0 Å². The van der Waals surface area contributed by atoms with Gasteiger partial charge in [0.2, 0.25) is 0 Å². The Morgan fingerprint density at radius 2 is 2.21 bits per heavy atom. The Bertz CT molecular complexity index is 385. The summed E-state index contributed by atoms with van der Waals surface area (Å²) in [4.78, 5) is 9.48. The summed E-state index contributed by atoms with van der Waals surface area (Å²) in [5, 5.41) is 6.56. The van der Waals surface area contributed by atoms with E-state index in [-0.39, 0.29) is 0 Å². The van der Waals surface area contributed by atoms with Crippen LogP contribution in [0.1, 0.15) is 31.5 Å². The monoisotopic (exact) mass is 282 g/mol. The molecule has 5 heteroatoms. The van der Waals surface area contributed by atoms with Crippen molar-refractivity contribution in [3.63, 3.8) is 0 Å². The van der Waals surface area contributed by atoms with Crippen LogP contribution in [-0.2, 0) is 0 Å². The number of hydrogen-bond acceptors (Lipinski definition) is 5. The first-order valence-corrected chi connectivity index (χ1v) is 8.00. The second-order valence-corrected chi connectivity index (χ2v) is 6.53. The molecule has 0 amide bonds. The third kappa shape index (κ3) is 3.91. The average molecular weight is 282 g/mol. The minimum Gasteiger partial charge on any atom is -0.351 e. The zero-order valence-corrected chi connectivity index (χ0v) is 13.3. The third-order valence-corrected chi connectivity index (χ3v) is 5.06. The molecule has 19 heavy (non-hydrogen) atoms. The maximum absolute atomic E-state index is 4.73. The van der Waals surface area contributed by atoms with Gasteiger partial charge in [0.25, 0.3) is 0 Å². The van der Waals surface area contributed by atoms with Crippen molar-refractivity contribution in [2.24, 2.45) is 5.92 Å². The number of nitrogens with one attached hydrogen (secondary N) is 1. The molecule has 0 saturated carbocycles. The molecule has 1 saturated heterocycles. The van der Waals surface area contributed by atoms with Gasteiger partial charge < -0.3 is 15.1 Å². The van der Waals surface area contributed by atoms with Crippen LogP contribution >= 0.6 is 11.3 Å². The molecule has 0 aromatic carbocycles. The summed E-state index contributed by atoms with van der Waals surface area (Å²) < 4.78 is 0. The topological polar surface area (TPSA) is 31.4 Å². The van der Waals surface area contributed by atoms with Crippen LogP contribution in [0.2, 0.25) is 0 Å². The van der Waals surface area contributed by atoms with Crippen molar-refractivity contribution in [3.05, 3.63) is 11.1 Å². The quantitative estimate of drug-likeness (QED) is 0.897. The molecule has 2 rings (SSSR count). The molecule has 1 aliphatic heterocycles. The van der Waals surface area contributed by atoms with Gasteiger partial charge in [0.15, 0.2) is 5.13 Å². The number of rotatable bonds is 5. The van der Waals surface area contributed by atoms with Gasteiger partial charge in [-0.2, -0.15) is 0 Å². The van der Waals surface area contributed by atoms with E-state index in [0.29, 0.717) is 6.04 Å². The first-order chi connectivity index (χ1) is 9.10. The van der Waals surface area contributed by atoms with Gasteiger partial charge >= 0.3 is 0 Å². The zero-order valence-electron chi connectivity index (χ0n) is 12.5. The standard InChI is InChI=1S/C14H26N4S/c1-11(15-2)13-10-19-14(16-13)18(4)9-12-5-7-17(3)8-6-12/h10-12,15H,5-9H2,1-4H3. The average Bonchev–Trinajstić information content (AvgIpc) is 2.90. The number of nitrogens with zero attached hydrogens (tertiary/aromatic N) is 3. The smallest absolute Gasteiger partial charge is 0.185 e. The Balaban J connectivity index is 1.89. The first-order valence-electron chi connectivity index (χ1n) is 7.12. The van der Waals surface area contributed by atoms with Gasteiger partial charge in [0.1, 0.15) is 0 Å². The Labute approximate surface area is 120 Å². The van der Waals surface area contributed by atoms with Crippen molar-refractivity contribution in [2.75, 3.05) is 45.7 Å². The Kier molecular flexibility index (Phi) is 5.19. The highest BCUT2D eigenvalue weighted by Gasteiger charge is 2.19. The van der Waals surface area contributed by atoms with Crippen molar-refractivity contribution >= 4 is 16.5 Å². The zero-order chi connectivity index (χ0) is 13.8. The summed E-state index contributed by atoms with van der Waals surface area (Å²) in [6.45, 7) is 5.75. The van der Waals surface area contributed by atoms with E-state index in [2.05, 4.69) is 41.5 Å². The lowest BCUT2D eigenvalue weighted by Gasteiger charge is -2.31. The summed E-state index contributed by atoms with van der Waals surface area (Å²) in [5.74, 6) is 0.815. The molecule has 1 fully saturated rings. The van der Waals surface area contributed by atoms with E-state index in [1.54, 1.807) is 11.3 Å².